The van der Waals surface area contributed by atoms with E-state index in [1.54, 1.807) is 6.92 Å². The minimum absolute atomic E-state index is 0.163. The molecule has 0 saturated carbocycles. The highest BCUT2D eigenvalue weighted by Gasteiger charge is 2.11. The van der Waals surface area contributed by atoms with Gasteiger partial charge in [-0.05, 0) is 12.8 Å². The van der Waals surface area contributed by atoms with E-state index in [-0.39, 0.29) is 11.2 Å². The van der Waals surface area contributed by atoms with E-state index in [0.29, 0.717) is 12.3 Å². The normalized spacial score (nSPS) is 16.4. The first-order chi connectivity index (χ1) is 4.57. The zero-order chi connectivity index (χ0) is 8.15. The molecule has 0 rings (SSSR count). The first-order valence-corrected chi connectivity index (χ1v) is 4.18. The van der Waals surface area contributed by atoms with Gasteiger partial charge in [-0.25, -0.2) is 0 Å². The van der Waals surface area contributed by atoms with Crippen LogP contribution < -0.4 is 0 Å². The number of hydrogen-bond acceptors (Lipinski definition) is 1. The quantitative estimate of drug-likeness (QED) is 0.581. The molecule has 2 atom stereocenters. The zero-order valence-corrected chi connectivity index (χ0v) is 7.61. The third-order valence-corrected chi connectivity index (χ3v) is 1.93. The molecule has 0 aromatic carbocycles. The van der Waals surface area contributed by atoms with Crippen LogP contribution in [0.3, 0.4) is 0 Å². The Labute approximate surface area is 67.8 Å². The summed E-state index contributed by atoms with van der Waals surface area (Å²) >= 11 is 5.58. The molecule has 0 fully saturated rings. The Morgan fingerprint density at radius 3 is 2.30 bits per heavy atom. The molecule has 0 radical (unpaired) electrons. The van der Waals surface area contributed by atoms with Gasteiger partial charge in [0.05, 0.1) is 5.38 Å². The molecule has 0 aliphatic heterocycles. The molecule has 60 valence electrons. The van der Waals surface area contributed by atoms with Gasteiger partial charge in [0.15, 0.2) is 5.78 Å². The van der Waals surface area contributed by atoms with Gasteiger partial charge in [0.1, 0.15) is 0 Å². The van der Waals surface area contributed by atoms with Gasteiger partial charge in [0.25, 0.3) is 0 Å². The number of hydrogen-bond donors (Lipinski definition) is 0. The molecule has 1 nitrogen and oxygen atoms in total. The molecule has 0 aromatic rings. The Bertz CT molecular complexity index is 110. The van der Waals surface area contributed by atoms with Crippen molar-refractivity contribution in [3.05, 3.63) is 0 Å². The van der Waals surface area contributed by atoms with E-state index in [2.05, 4.69) is 13.8 Å². The van der Waals surface area contributed by atoms with Crippen molar-refractivity contribution >= 4 is 17.4 Å². The van der Waals surface area contributed by atoms with Gasteiger partial charge >= 0.3 is 0 Å². The molecule has 0 aliphatic carbocycles. The fourth-order valence-corrected chi connectivity index (χ4v) is 0.739. The van der Waals surface area contributed by atoms with Crippen LogP contribution in [0.5, 0.6) is 0 Å². The number of rotatable bonds is 4. The van der Waals surface area contributed by atoms with Gasteiger partial charge < -0.3 is 0 Å². The Morgan fingerprint density at radius 2 is 2.00 bits per heavy atom. The summed E-state index contributed by atoms with van der Waals surface area (Å²) in [7, 11) is 0. The van der Waals surface area contributed by atoms with Crippen molar-refractivity contribution in [2.24, 2.45) is 5.92 Å². The molecule has 10 heavy (non-hydrogen) atoms. The minimum Gasteiger partial charge on any atom is -0.298 e. The van der Waals surface area contributed by atoms with Crippen molar-refractivity contribution in [2.45, 2.75) is 39.0 Å². The van der Waals surface area contributed by atoms with E-state index < -0.39 is 0 Å². The van der Waals surface area contributed by atoms with Crippen molar-refractivity contribution in [2.75, 3.05) is 0 Å². The molecule has 2 heteroatoms. The number of ketones is 1. The lowest BCUT2D eigenvalue weighted by molar-refractivity contribution is -0.119. The summed E-state index contributed by atoms with van der Waals surface area (Å²) in [4.78, 5) is 11.0. The van der Waals surface area contributed by atoms with Crippen LogP contribution >= 0.6 is 11.6 Å². The van der Waals surface area contributed by atoms with Crippen molar-refractivity contribution in [1.29, 1.82) is 0 Å². The average molecular weight is 163 g/mol. The molecule has 0 spiro atoms. The maximum Gasteiger partial charge on any atom is 0.150 e. The van der Waals surface area contributed by atoms with Crippen LogP contribution in [0.25, 0.3) is 0 Å². The summed E-state index contributed by atoms with van der Waals surface area (Å²) in [5, 5.41) is -0.311. The van der Waals surface area contributed by atoms with Gasteiger partial charge in [-0.3, -0.25) is 4.79 Å². The Morgan fingerprint density at radius 1 is 1.50 bits per heavy atom. The molecular formula is C8H15ClO. The number of alkyl halides is 1. The van der Waals surface area contributed by atoms with E-state index in [1.807, 2.05) is 0 Å². The van der Waals surface area contributed by atoms with E-state index in [9.17, 15) is 4.79 Å². The highest BCUT2D eigenvalue weighted by Crippen LogP contribution is 2.10. The number of carbonyl (C=O) groups is 1. The summed E-state index contributed by atoms with van der Waals surface area (Å²) in [6.45, 7) is 5.88. The maximum atomic E-state index is 11.0. The van der Waals surface area contributed by atoms with E-state index in [0.717, 1.165) is 6.42 Å². The standard InChI is InChI=1S/C8H15ClO/c1-4-6(2)5-8(10)7(3)9/h6-7H,4-5H2,1-3H3. The lowest BCUT2D eigenvalue weighted by Gasteiger charge is -2.07. The third kappa shape index (κ3) is 3.89. The van der Waals surface area contributed by atoms with E-state index >= 15 is 0 Å². The summed E-state index contributed by atoms with van der Waals surface area (Å²) in [6, 6.07) is 0. The van der Waals surface area contributed by atoms with E-state index in [4.69, 9.17) is 11.6 Å². The average Bonchev–Trinajstić information content (AvgIpc) is 1.87. The van der Waals surface area contributed by atoms with Crippen LogP contribution in [0.2, 0.25) is 0 Å². The van der Waals surface area contributed by atoms with Crippen LogP contribution in [-0.2, 0) is 4.79 Å². The highest BCUT2D eigenvalue weighted by molar-refractivity contribution is 6.30. The van der Waals surface area contributed by atoms with Crippen molar-refractivity contribution in [3.8, 4) is 0 Å². The monoisotopic (exact) mass is 162 g/mol. The van der Waals surface area contributed by atoms with Gasteiger partial charge in [-0.15, -0.1) is 11.6 Å². The van der Waals surface area contributed by atoms with Crippen molar-refractivity contribution < 1.29 is 4.79 Å². The minimum atomic E-state index is -0.311. The van der Waals surface area contributed by atoms with Gasteiger partial charge in [-0.2, -0.15) is 0 Å². The molecular weight excluding hydrogens is 148 g/mol. The van der Waals surface area contributed by atoms with Crippen LogP contribution in [0.4, 0.5) is 0 Å². The van der Waals surface area contributed by atoms with Gasteiger partial charge in [0, 0.05) is 6.42 Å². The third-order valence-electron chi connectivity index (χ3n) is 1.69. The van der Waals surface area contributed by atoms with Crippen LogP contribution in [0, 0.1) is 5.92 Å². The molecule has 0 aliphatic rings. The Kier molecular flexibility index (Phi) is 4.71. The smallest absolute Gasteiger partial charge is 0.150 e. The summed E-state index contributed by atoms with van der Waals surface area (Å²) in [5.41, 5.74) is 0. The molecule has 2 unspecified atom stereocenters. The van der Waals surface area contributed by atoms with Crippen molar-refractivity contribution in [3.63, 3.8) is 0 Å². The lowest BCUT2D eigenvalue weighted by atomic mass is 10.0. The van der Waals surface area contributed by atoms with Crippen LogP contribution in [0.1, 0.15) is 33.6 Å². The summed E-state index contributed by atoms with van der Waals surface area (Å²) in [5.74, 6) is 0.643. The molecule has 0 bridgehead atoms. The predicted octanol–water partition coefficient (Wildman–Crippen LogP) is 2.62. The van der Waals surface area contributed by atoms with Crippen LogP contribution in [0.15, 0.2) is 0 Å². The Balaban J connectivity index is 3.57. The topological polar surface area (TPSA) is 17.1 Å². The van der Waals surface area contributed by atoms with E-state index in [1.165, 1.54) is 0 Å². The fraction of sp³-hybridized carbons (Fsp3) is 0.875. The highest BCUT2D eigenvalue weighted by atomic mass is 35.5. The second-order valence-corrected chi connectivity index (χ2v) is 3.45. The number of carbonyl (C=O) groups excluding carboxylic acids is 1. The second-order valence-electron chi connectivity index (χ2n) is 2.80. The molecule has 0 heterocycles. The fourth-order valence-electron chi connectivity index (χ4n) is 0.650. The molecule has 0 amide bonds. The van der Waals surface area contributed by atoms with Crippen LogP contribution in [-0.4, -0.2) is 11.2 Å². The zero-order valence-electron chi connectivity index (χ0n) is 6.86. The molecule has 0 aromatic heterocycles. The number of Topliss-reactive ketones (excluding diaryl/α,β-unsaturated/α-hetero) is 1. The Hall–Kier alpha value is -0.0400. The first-order valence-electron chi connectivity index (χ1n) is 3.74. The lowest BCUT2D eigenvalue weighted by Crippen LogP contribution is -2.13. The van der Waals surface area contributed by atoms with Gasteiger partial charge in [-0.1, -0.05) is 20.3 Å². The molecule has 0 N–H and O–H groups in total. The molecule has 0 saturated heterocycles. The predicted molar refractivity (Wildman–Crippen MR) is 44.4 cm³/mol. The largest absolute Gasteiger partial charge is 0.298 e. The van der Waals surface area contributed by atoms with Gasteiger partial charge in [0.2, 0.25) is 0 Å². The second kappa shape index (κ2) is 4.73. The van der Waals surface area contributed by atoms with Crippen molar-refractivity contribution in [1.82, 2.24) is 0 Å². The summed E-state index contributed by atoms with van der Waals surface area (Å²) < 4.78 is 0. The SMILES string of the molecule is CCC(C)CC(=O)C(C)Cl. The summed E-state index contributed by atoms with van der Waals surface area (Å²) in [6.07, 6.45) is 1.68. The first kappa shape index (κ1) is 9.96. The number of halogens is 1. The maximum absolute atomic E-state index is 11.0.